The van der Waals surface area contributed by atoms with Gasteiger partial charge in [0.2, 0.25) is 0 Å². The van der Waals surface area contributed by atoms with Crippen molar-refractivity contribution in [2.75, 3.05) is 11.9 Å². The summed E-state index contributed by atoms with van der Waals surface area (Å²) in [5.41, 5.74) is 7.30. The van der Waals surface area contributed by atoms with Crippen LogP contribution in [0.5, 0.6) is 0 Å². The second-order valence-electron chi connectivity index (χ2n) is 4.08. The Hall–Kier alpha value is -2.22. The van der Waals surface area contributed by atoms with Gasteiger partial charge in [0.1, 0.15) is 0 Å². The molecular formula is C15H13ClN2O2. The Bertz CT molecular complexity index is 695. The number of hydrogen-bond acceptors (Lipinski definition) is 3. The van der Waals surface area contributed by atoms with E-state index in [-0.39, 0.29) is 18.2 Å². The maximum absolute atomic E-state index is 12.1. The first kappa shape index (κ1) is 14.2. The largest absolute Gasteiger partial charge is 0.459 e. The van der Waals surface area contributed by atoms with E-state index >= 15 is 0 Å². The molecule has 0 aliphatic carbocycles. The molecule has 5 heteroatoms. The van der Waals surface area contributed by atoms with Crippen LogP contribution in [0, 0.1) is 18.8 Å². The lowest BCUT2D eigenvalue weighted by atomic mass is 10.1. The lowest BCUT2D eigenvalue weighted by Crippen LogP contribution is -2.13. The highest BCUT2D eigenvalue weighted by Crippen LogP contribution is 2.21. The number of hydrogen-bond donors (Lipinski definition) is 2. The third-order valence-corrected chi connectivity index (χ3v) is 2.86. The van der Waals surface area contributed by atoms with Gasteiger partial charge >= 0.3 is 0 Å². The molecule has 1 aromatic heterocycles. The molecule has 0 atom stereocenters. The molecule has 2 rings (SSSR count). The van der Waals surface area contributed by atoms with Crippen molar-refractivity contribution in [1.82, 2.24) is 0 Å². The summed E-state index contributed by atoms with van der Waals surface area (Å²) in [6.07, 6.45) is 1.47. The molecule has 0 spiro atoms. The summed E-state index contributed by atoms with van der Waals surface area (Å²) < 4.78 is 5.15. The summed E-state index contributed by atoms with van der Waals surface area (Å²) in [6, 6.07) is 6.78. The maximum atomic E-state index is 12.1. The fourth-order valence-corrected chi connectivity index (χ4v) is 1.83. The van der Waals surface area contributed by atoms with Crippen LogP contribution in [0.4, 0.5) is 5.69 Å². The highest BCUT2D eigenvalue weighted by Gasteiger charge is 2.14. The first-order valence-corrected chi connectivity index (χ1v) is 6.33. The highest BCUT2D eigenvalue weighted by atomic mass is 35.5. The van der Waals surface area contributed by atoms with Crippen molar-refractivity contribution in [1.29, 1.82) is 0 Å². The van der Waals surface area contributed by atoms with Gasteiger partial charge < -0.3 is 15.5 Å². The van der Waals surface area contributed by atoms with Gasteiger partial charge in [0.15, 0.2) is 5.76 Å². The van der Waals surface area contributed by atoms with E-state index in [1.165, 1.54) is 6.26 Å². The van der Waals surface area contributed by atoms with E-state index in [0.717, 1.165) is 5.56 Å². The Morgan fingerprint density at radius 1 is 1.45 bits per heavy atom. The van der Waals surface area contributed by atoms with Gasteiger partial charge in [-0.15, -0.1) is 0 Å². The molecule has 0 saturated carbocycles. The second kappa shape index (κ2) is 6.29. The quantitative estimate of drug-likeness (QED) is 0.835. The smallest absolute Gasteiger partial charge is 0.291 e. The number of halogens is 1. The summed E-state index contributed by atoms with van der Waals surface area (Å²) >= 11 is 5.93. The average molecular weight is 289 g/mol. The van der Waals surface area contributed by atoms with Crippen LogP contribution in [-0.4, -0.2) is 12.5 Å². The molecule has 2 aromatic rings. The molecule has 4 nitrogen and oxygen atoms in total. The summed E-state index contributed by atoms with van der Waals surface area (Å²) in [5, 5.41) is 3.30. The number of nitrogens with one attached hydrogen (secondary N) is 1. The molecule has 0 bridgehead atoms. The van der Waals surface area contributed by atoms with Crippen molar-refractivity contribution < 1.29 is 9.21 Å². The molecule has 0 aliphatic rings. The van der Waals surface area contributed by atoms with Crippen molar-refractivity contribution in [2.45, 2.75) is 6.92 Å². The Kier molecular flexibility index (Phi) is 4.46. The molecule has 0 radical (unpaired) electrons. The van der Waals surface area contributed by atoms with E-state index in [4.69, 9.17) is 21.8 Å². The molecule has 102 valence electrons. The van der Waals surface area contributed by atoms with E-state index in [1.807, 2.05) is 0 Å². The van der Waals surface area contributed by atoms with Crippen LogP contribution in [0.15, 0.2) is 34.9 Å². The number of rotatable bonds is 2. The van der Waals surface area contributed by atoms with Crippen LogP contribution in [0.1, 0.15) is 21.7 Å². The number of carbonyl (C=O) groups is 1. The van der Waals surface area contributed by atoms with Crippen LogP contribution < -0.4 is 11.1 Å². The number of carbonyl (C=O) groups excluding carboxylic acids is 1. The molecule has 0 fully saturated rings. The van der Waals surface area contributed by atoms with Gasteiger partial charge in [0, 0.05) is 16.1 Å². The highest BCUT2D eigenvalue weighted by molar-refractivity contribution is 6.30. The molecular weight excluding hydrogens is 276 g/mol. The number of furan rings is 1. The Balaban J connectivity index is 2.29. The monoisotopic (exact) mass is 288 g/mol. The molecule has 0 unspecified atom stereocenters. The number of benzene rings is 1. The van der Waals surface area contributed by atoms with Crippen molar-refractivity contribution in [2.24, 2.45) is 5.73 Å². The minimum atomic E-state index is -0.328. The lowest BCUT2D eigenvalue weighted by molar-refractivity contribution is 0.0996. The van der Waals surface area contributed by atoms with Crippen molar-refractivity contribution in [3.8, 4) is 11.8 Å². The number of aryl methyl sites for hydroxylation is 1. The van der Waals surface area contributed by atoms with Gasteiger partial charge in [0.05, 0.1) is 18.5 Å². The predicted octanol–water partition coefficient (Wildman–Crippen LogP) is 2.80. The number of nitrogens with two attached hydrogens (primary N) is 1. The normalized spacial score (nSPS) is 9.75. The minimum Gasteiger partial charge on any atom is -0.459 e. The van der Waals surface area contributed by atoms with E-state index in [9.17, 15) is 4.79 Å². The van der Waals surface area contributed by atoms with Crippen molar-refractivity contribution in [3.05, 3.63) is 52.4 Å². The van der Waals surface area contributed by atoms with Gasteiger partial charge in [-0.1, -0.05) is 23.4 Å². The van der Waals surface area contributed by atoms with Crippen LogP contribution in [0.2, 0.25) is 5.02 Å². The van der Waals surface area contributed by atoms with Gasteiger partial charge in [-0.2, -0.15) is 0 Å². The van der Waals surface area contributed by atoms with Crippen LogP contribution in [-0.2, 0) is 0 Å². The fraction of sp³-hybridized carbons (Fsp3) is 0.133. The Morgan fingerprint density at radius 3 is 2.90 bits per heavy atom. The molecule has 3 N–H and O–H groups in total. The van der Waals surface area contributed by atoms with E-state index in [1.54, 1.807) is 31.2 Å². The third kappa shape index (κ3) is 3.21. The zero-order chi connectivity index (χ0) is 14.5. The standard InChI is InChI=1S/C15H13ClN2O2/c1-10-6-8-20-14(10)15(19)18-13-5-4-12(16)9-11(13)3-2-7-17/h4-6,8-9H,7,17H2,1H3,(H,18,19). The topological polar surface area (TPSA) is 68.3 Å². The van der Waals surface area contributed by atoms with Crippen molar-refractivity contribution >= 4 is 23.2 Å². The first-order chi connectivity index (χ1) is 9.61. The molecule has 0 aliphatic heterocycles. The van der Waals surface area contributed by atoms with E-state index < -0.39 is 0 Å². The predicted molar refractivity (Wildman–Crippen MR) is 78.8 cm³/mol. The second-order valence-corrected chi connectivity index (χ2v) is 4.52. The zero-order valence-corrected chi connectivity index (χ0v) is 11.6. The van der Waals surface area contributed by atoms with E-state index in [2.05, 4.69) is 17.2 Å². The molecule has 1 amide bonds. The summed E-state index contributed by atoms with van der Waals surface area (Å²) in [6.45, 7) is 2.03. The van der Waals surface area contributed by atoms with E-state index in [0.29, 0.717) is 16.3 Å². The van der Waals surface area contributed by atoms with Gasteiger partial charge in [-0.3, -0.25) is 4.79 Å². The number of amides is 1. The Morgan fingerprint density at radius 2 is 2.25 bits per heavy atom. The summed E-state index contributed by atoms with van der Waals surface area (Å²) in [7, 11) is 0. The van der Waals surface area contributed by atoms with Crippen LogP contribution in [0.25, 0.3) is 0 Å². The van der Waals surface area contributed by atoms with Crippen LogP contribution >= 0.6 is 11.6 Å². The van der Waals surface area contributed by atoms with Crippen LogP contribution in [0.3, 0.4) is 0 Å². The minimum absolute atomic E-state index is 0.233. The van der Waals surface area contributed by atoms with Gasteiger partial charge in [0.25, 0.3) is 5.91 Å². The number of anilines is 1. The average Bonchev–Trinajstić information content (AvgIpc) is 2.85. The molecule has 1 heterocycles. The van der Waals surface area contributed by atoms with Gasteiger partial charge in [-0.25, -0.2) is 0 Å². The molecule has 20 heavy (non-hydrogen) atoms. The lowest BCUT2D eigenvalue weighted by Gasteiger charge is -2.07. The zero-order valence-electron chi connectivity index (χ0n) is 10.9. The first-order valence-electron chi connectivity index (χ1n) is 5.95. The van der Waals surface area contributed by atoms with Crippen molar-refractivity contribution in [3.63, 3.8) is 0 Å². The van der Waals surface area contributed by atoms with Gasteiger partial charge in [-0.05, 0) is 31.2 Å². The summed E-state index contributed by atoms with van der Waals surface area (Å²) in [5.74, 6) is 5.56. The Labute approximate surface area is 121 Å². The summed E-state index contributed by atoms with van der Waals surface area (Å²) in [4.78, 5) is 12.1. The molecule has 1 aromatic carbocycles. The fourth-order valence-electron chi connectivity index (χ4n) is 1.66. The maximum Gasteiger partial charge on any atom is 0.291 e. The molecule has 0 saturated heterocycles. The SMILES string of the molecule is Cc1ccoc1C(=O)Nc1ccc(Cl)cc1C#CCN. The third-order valence-electron chi connectivity index (χ3n) is 2.62.